The van der Waals surface area contributed by atoms with E-state index in [-0.39, 0.29) is 29.6 Å². The van der Waals surface area contributed by atoms with Gasteiger partial charge in [0.05, 0.1) is 12.6 Å². The predicted octanol–water partition coefficient (Wildman–Crippen LogP) is -6.57. The van der Waals surface area contributed by atoms with E-state index in [0.717, 1.165) is 0 Å². The van der Waals surface area contributed by atoms with Crippen molar-refractivity contribution >= 4 is 20.0 Å². The number of hydrogen-bond donors (Lipinski definition) is 5. The van der Waals surface area contributed by atoms with Crippen LogP contribution in [-0.2, 0) is 14.1 Å². The van der Waals surface area contributed by atoms with Crippen LogP contribution in [0.1, 0.15) is 0 Å². The molecule has 0 aromatic heterocycles. The number of ether oxygens (including phenoxy) is 1. The number of halogens is 1. The van der Waals surface area contributed by atoms with E-state index in [1.165, 1.54) is 0 Å². The van der Waals surface area contributed by atoms with Gasteiger partial charge in [-0.2, -0.15) is 0 Å². The van der Waals surface area contributed by atoms with Crippen LogP contribution in [0.2, 0.25) is 0 Å². The molecule has 1 aliphatic heterocycles. The smallest absolute Gasteiger partial charge is 0.735 e. The van der Waals surface area contributed by atoms with Crippen LogP contribution in [0.25, 0.3) is 0 Å². The van der Waals surface area contributed by atoms with Crippen molar-refractivity contribution in [3.8, 4) is 0 Å². The zero-order valence-corrected chi connectivity index (χ0v) is 13.0. The van der Waals surface area contributed by atoms with Gasteiger partial charge in [0.2, 0.25) is 0 Å². The fourth-order valence-electron chi connectivity index (χ4n) is 1.12. The maximum atomic E-state index is 9.20. The minimum Gasteiger partial charge on any atom is -0.735 e. The molecule has 0 spiro atoms. The minimum atomic E-state index is -4.44. The Balaban J connectivity index is 0. The third-order valence-corrected chi connectivity index (χ3v) is 1.95. The van der Waals surface area contributed by atoms with Crippen molar-refractivity contribution in [2.75, 3.05) is 6.61 Å². The van der Waals surface area contributed by atoms with Crippen molar-refractivity contribution in [3.05, 3.63) is 0 Å². The number of hydrogen-bond acceptors (Lipinski definition) is 9. The van der Waals surface area contributed by atoms with Gasteiger partial charge in [-0.3, -0.25) is 0 Å². The molecular weight excluding hydrogens is 305 g/mol. The Kier molecular flexibility index (Phi) is 10.6. The van der Waals surface area contributed by atoms with E-state index in [2.05, 4.69) is 10.7 Å². The van der Waals surface area contributed by atoms with Crippen LogP contribution >= 0.6 is 10.7 Å². The largest absolute Gasteiger partial charge is 1.00 e. The number of aliphatic hydroxyl groups excluding tert-OH is 4. The molecule has 1 saturated heterocycles. The molecule has 0 aromatic carbocycles. The standard InChI is InChI=1S/C6H13NO5.ClHO3S.Na/c7-3-5(10)4(9)2(1-8)12-6(3)11;1-5(2,3)4;/h2-6,8-11H,1,7H2;(H,2,3,4);/q;;+1/p-1/t2-,3-,4-,5-,6-;;/m1../s1. The van der Waals surface area contributed by atoms with Crippen molar-refractivity contribution in [3.63, 3.8) is 0 Å². The van der Waals surface area contributed by atoms with Gasteiger partial charge < -0.3 is 35.4 Å². The number of rotatable bonds is 1. The van der Waals surface area contributed by atoms with Gasteiger partial charge in [-0.05, 0) is 0 Å². The van der Waals surface area contributed by atoms with Gasteiger partial charge in [0.1, 0.15) is 18.3 Å². The van der Waals surface area contributed by atoms with E-state index in [9.17, 15) is 10.2 Å². The zero-order chi connectivity index (χ0) is 13.8. The molecule has 0 aromatic rings. The van der Waals surface area contributed by atoms with Crippen molar-refractivity contribution in [2.45, 2.75) is 30.6 Å². The number of nitrogens with two attached hydrogens (primary N) is 1. The van der Waals surface area contributed by atoms with Gasteiger partial charge in [0.15, 0.2) is 15.6 Å². The summed E-state index contributed by atoms with van der Waals surface area (Å²) in [6.45, 7) is -0.470. The molecule has 0 radical (unpaired) electrons. The molecule has 9 nitrogen and oxygen atoms in total. The molecule has 1 fully saturated rings. The van der Waals surface area contributed by atoms with Crippen molar-refractivity contribution in [2.24, 2.45) is 5.73 Å². The fraction of sp³-hybridized carbons (Fsp3) is 1.00. The van der Waals surface area contributed by atoms with Crippen molar-refractivity contribution in [1.29, 1.82) is 0 Å². The molecule has 1 heterocycles. The van der Waals surface area contributed by atoms with Crippen LogP contribution in [-0.4, -0.2) is 70.6 Å². The molecular formula is C6H13ClNNaO8S. The molecule has 18 heavy (non-hydrogen) atoms. The van der Waals surface area contributed by atoms with Crippen LogP contribution in [0.15, 0.2) is 0 Å². The molecule has 5 atom stereocenters. The van der Waals surface area contributed by atoms with Crippen molar-refractivity contribution < 1.29 is 67.7 Å². The molecule has 0 unspecified atom stereocenters. The summed E-state index contributed by atoms with van der Waals surface area (Å²) in [5.41, 5.74) is 5.26. The molecule has 1 aliphatic rings. The van der Waals surface area contributed by atoms with Gasteiger partial charge in [0, 0.05) is 10.7 Å². The number of aliphatic hydroxyl groups is 4. The third-order valence-electron chi connectivity index (χ3n) is 1.95. The summed E-state index contributed by atoms with van der Waals surface area (Å²) in [4.78, 5) is 0. The van der Waals surface area contributed by atoms with E-state index >= 15 is 0 Å². The van der Waals surface area contributed by atoms with Gasteiger partial charge >= 0.3 is 29.6 Å². The monoisotopic (exact) mass is 317 g/mol. The van der Waals surface area contributed by atoms with E-state index in [1.54, 1.807) is 0 Å². The SMILES string of the molecule is N[C@@H]1[C@@H](O)[C@H](O)[C@@H](CO)O[C@H]1O.O=S(=O)([O-])Cl.[Na+]. The molecule has 0 aliphatic carbocycles. The topological polar surface area (TPSA) is 173 Å². The molecule has 0 saturated carbocycles. The summed E-state index contributed by atoms with van der Waals surface area (Å²) in [5.74, 6) is 0. The predicted molar refractivity (Wildman–Crippen MR) is 53.5 cm³/mol. The normalized spacial score (nSPS) is 36.1. The average molecular weight is 318 g/mol. The first-order valence-electron chi connectivity index (χ1n) is 4.29. The first-order chi connectivity index (χ1) is 7.57. The van der Waals surface area contributed by atoms with Gasteiger partial charge in [-0.1, -0.05) is 0 Å². The summed E-state index contributed by atoms with van der Waals surface area (Å²) in [7, 11) is -0.498. The van der Waals surface area contributed by atoms with Crippen LogP contribution in [0.4, 0.5) is 0 Å². The second kappa shape index (κ2) is 9.00. The molecule has 12 heteroatoms. The van der Waals surface area contributed by atoms with Crippen LogP contribution in [0.3, 0.4) is 0 Å². The maximum absolute atomic E-state index is 9.20. The molecule has 6 N–H and O–H groups in total. The Morgan fingerprint density at radius 1 is 1.28 bits per heavy atom. The van der Waals surface area contributed by atoms with Gasteiger partial charge in [-0.15, -0.1) is 0 Å². The first-order valence-corrected chi connectivity index (χ1v) is 6.53. The Morgan fingerprint density at radius 3 is 2.00 bits per heavy atom. The van der Waals surface area contributed by atoms with Crippen LogP contribution in [0.5, 0.6) is 0 Å². The van der Waals surface area contributed by atoms with E-state index < -0.39 is 46.6 Å². The van der Waals surface area contributed by atoms with Gasteiger partial charge in [-0.25, -0.2) is 8.42 Å². The second-order valence-corrected chi connectivity index (χ2v) is 5.12. The van der Waals surface area contributed by atoms with E-state index in [0.29, 0.717) is 0 Å². The second-order valence-electron chi connectivity index (χ2n) is 3.20. The molecule has 0 bridgehead atoms. The van der Waals surface area contributed by atoms with Crippen LogP contribution in [0, 0.1) is 0 Å². The van der Waals surface area contributed by atoms with E-state index in [4.69, 9.17) is 33.7 Å². The first kappa shape index (κ1) is 21.3. The maximum Gasteiger partial charge on any atom is 1.00 e. The Morgan fingerprint density at radius 2 is 1.67 bits per heavy atom. The summed E-state index contributed by atoms with van der Waals surface area (Å²) in [6, 6.07) is -1.04. The summed E-state index contributed by atoms with van der Waals surface area (Å²) < 4.78 is 31.2. The fourth-order valence-corrected chi connectivity index (χ4v) is 1.12. The van der Waals surface area contributed by atoms with E-state index in [1.807, 2.05) is 0 Å². The third kappa shape index (κ3) is 8.19. The molecule has 0 amide bonds. The quantitative estimate of drug-likeness (QED) is 0.179. The van der Waals surface area contributed by atoms with Crippen molar-refractivity contribution in [1.82, 2.24) is 0 Å². The minimum absolute atomic E-state index is 0. The summed E-state index contributed by atoms with van der Waals surface area (Å²) >= 11 is 0. The summed E-state index contributed by atoms with van der Waals surface area (Å²) in [5, 5.41) is 36.1. The summed E-state index contributed by atoms with van der Waals surface area (Å²) in [6.07, 6.45) is -4.85. The Labute approximate surface area is 130 Å². The molecule has 1 rings (SSSR count). The van der Waals surface area contributed by atoms with Gasteiger partial charge in [0.25, 0.3) is 0 Å². The zero-order valence-electron chi connectivity index (χ0n) is 9.38. The van der Waals surface area contributed by atoms with Crippen LogP contribution < -0.4 is 35.3 Å². The molecule has 104 valence electrons. The Bertz CT molecular complexity index is 317. The average Bonchev–Trinajstić information content (AvgIpc) is 2.18. The Hall–Kier alpha value is 0.960.